The van der Waals surface area contributed by atoms with Crippen LogP contribution in [0, 0.1) is 5.92 Å². The summed E-state index contributed by atoms with van der Waals surface area (Å²) < 4.78 is 0. The summed E-state index contributed by atoms with van der Waals surface area (Å²) in [5.74, 6) is -3.52. The molecule has 0 aromatic rings. The zero-order valence-corrected chi connectivity index (χ0v) is 20.9. The van der Waals surface area contributed by atoms with Gasteiger partial charge in [0.05, 0.1) is 6.04 Å². The smallest absolute Gasteiger partial charge is 0.326 e. The number of aliphatic carboxylic acids is 1. The second-order valence-corrected chi connectivity index (χ2v) is 9.34. The predicted octanol–water partition coefficient (Wildman–Crippen LogP) is -2.28. The van der Waals surface area contributed by atoms with Crippen molar-refractivity contribution in [3.8, 4) is 0 Å². The number of hydrogen-bond acceptors (Lipinski definition) is 7. The van der Waals surface area contributed by atoms with Gasteiger partial charge in [-0.2, -0.15) is 0 Å². The zero-order valence-electron chi connectivity index (χ0n) is 20.9. The highest BCUT2D eigenvalue weighted by Gasteiger charge is 2.39. The largest absolute Gasteiger partial charge is 0.480 e. The fourth-order valence-electron chi connectivity index (χ4n) is 3.93. The maximum atomic E-state index is 13.4. The topological polar surface area (TPSA) is 249 Å². The van der Waals surface area contributed by atoms with Crippen molar-refractivity contribution in [1.29, 1.82) is 0 Å². The zero-order chi connectivity index (χ0) is 27.4. The Morgan fingerprint density at radius 1 is 1.06 bits per heavy atom. The summed E-state index contributed by atoms with van der Waals surface area (Å²) in [6, 6.07) is -4.03. The van der Waals surface area contributed by atoms with E-state index in [4.69, 9.17) is 22.9 Å². The number of nitrogens with zero attached hydrogens (tertiary/aromatic N) is 2. The van der Waals surface area contributed by atoms with E-state index in [-0.39, 0.29) is 50.7 Å². The third-order valence-electron chi connectivity index (χ3n) is 5.76. The SMILES string of the molecule is CC(C)CC(NC(=O)C1CCCN1C(=O)C(CCCN=C(N)N)NC(=O)C(N)CCC(N)=O)C(=O)O. The van der Waals surface area contributed by atoms with Crippen LogP contribution in [-0.4, -0.2) is 82.8 Å². The molecule has 14 heteroatoms. The molecule has 1 fully saturated rings. The number of guanidine groups is 1. The number of amides is 4. The van der Waals surface area contributed by atoms with E-state index in [1.165, 1.54) is 4.90 Å². The van der Waals surface area contributed by atoms with Crippen molar-refractivity contribution in [2.45, 2.75) is 83.0 Å². The molecule has 1 aliphatic rings. The second-order valence-electron chi connectivity index (χ2n) is 9.34. The summed E-state index contributed by atoms with van der Waals surface area (Å²) in [4.78, 5) is 66.7. The quantitative estimate of drug-likeness (QED) is 0.0708. The molecule has 14 nitrogen and oxygen atoms in total. The maximum Gasteiger partial charge on any atom is 0.326 e. The third kappa shape index (κ3) is 10.5. The fourth-order valence-corrected chi connectivity index (χ4v) is 3.93. The third-order valence-corrected chi connectivity index (χ3v) is 5.76. The lowest BCUT2D eigenvalue weighted by Crippen LogP contribution is -2.56. The monoisotopic (exact) mass is 512 g/mol. The average molecular weight is 513 g/mol. The Hall–Kier alpha value is -3.42. The summed E-state index contributed by atoms with van der Waals surface area (Å²) in [5, 5.41) is 14.6. The van der Waals surface area contributed by atoms with Crippen molar-refractivity contribution in [3.63, 3.8) is 0 Å². The van der Waals surface area contributed by atoms with Gasteiger partial charge in [-0.3, -0.25) is 24.2 Å². The van der Waals surface area contributed by atoms with Crippen molar-refractivity contribution in [2.24, 2.45) is 33.8 Å². The number of hydrogen-bond donors (Lipinski definition) is 7. The molecule has 1 heterocycles. The molecule has 0 bridgehead atoms. The minimum atomic E-state index is -1.15. The van der Waals surface area contributed by atoms with E-state index in [0.29, 0.717) is 19.3 Å². The lowest BCUT2D eigenvalue weighted by molar-refractivity contribution is -0.145. The number of likely N-dealkylation sites (tertiary alicyclic amines) is 1. The minimum absolute atomic E-state index is 0.0112. The summed E-state index contributed by atoms with van der Waals surface area (Å²) in [6.07, 6.45) is 1.58. The Balaban J connectivity index is 2.98. The van der Waals surface area contributed by atoms with E-state index in [1.807, 2.05) is 13.8 Å². The molecule has 1 rings (SSSR count). The molecular weight excluding hydrogens is 472 g/mol. The summed E-state index contributed by atoms with van der Waals surface area (Å²) in [7, 11) is 0. The van der Waals surface area contributed by atoms with Gasteiger partial charge in [-0.25, -0.2) is 4.79 Å². The van der Waals surface area contributed by atoms with Crippen LogP contribution < -0.4 is 33.6 Å². The maximum absolute atomic E-state index is 13.4. The van der Waals surface area contributed by atoms with Crippen molar-refractivity contribution in [1.82, 2.24) is 15.5 Å². The lowest BCUT2D eigenvalue weighted by Gasteiger charge is -2.30. The number of primary amides is 1. The van der Waals surface area contributed by atoms with Gasteiger partial charge in [0, 0.05) is 19.5 Å². The van der Waals surface area contributed by atoms with Gasteiger partial charge in [0.25, 0.3) is 0 Å². The van der Waals surface area contributed by atoms with Crippen LogP contribution in [0.25, 0.3) is 0 Å². The first-order valence-electron chi connectivity index (χ1n) is 12.1. The molecule has 4 amide bonds. The molecule has 11 N–H and O–H groups in total. The molecule has 0 saturated carbocycles. The van der Waals surface area contributed by atoms with Crippen molar-refractivity contribution in [2.75, 3.05) is 13.1 Å². The Kier molecular flexibility index (Phi) is 12.6. The number of carboxylic acid groups (broad SMARTS) is 1. The van der Waals surface area contributed by atoms with Gasteiger partial charge in [0.15, 0.2) is 5.96 Å². The van der Waals surface area contributed by atoms with Crippen molar-refractivity contribution >= 4 is 35.6 Å². The van der Waals surface area contributed by atoms with Crippen LogP contribution in [0.1, 0.15) is 58.8 Å². The molecule has 0 radical (unpaired) electrons. The highest BCUT2D eigenvalue weighted by molar-refractivity contribution is 5.94. The molecule has 4 atom stereocenters. The van der Waals surface area contributed by atoms with E-state index in [0.717, 1.165) is 0 Å². The van der Waals surface area contributed by atoms with Gasteiger partial charge in [-0.05, 0) is 44.4 Å². The van der Waals surface area contributed by atoms with E-state index in [1.54, 1.807) is 0 Å². The number of rotatable bonds is 15. The summed E-state index contributed by atoms with van der Waals surface area (Å²) in [5.41, 5.74) is 21.6. The van der Waals surface area contributed by atoms with Gasteiger partial charge < -0.3 is 43.6 Å². The van der Waals surface area contributed by atoms with Crippen LogP contribution in [0.2, 0.25) is 0 Å². The number of carbonyl (C=O) groups is 5. The van der Waals surface area contributed by atoms with Crippen LogP contribution in [0.15, 0.2) is 4.99 Å². The number of nitrogens with two attached hydrogens (primary N) is 4. The van der Waals surface area contributed by atoms with E-state index in [9.17, 15) is 29.1 Å². The summed E-state index contributed by atoms with van der Waals surface area (Å²) >= 11 is 0. The molecular formula is C22H40N8O6. The molecule has 0 aliphatic carbocycles. The molecule has 0 aromatic heterocycles. The normalized spacial score (nSPS) is 17.7. The number of aliphatic imine (C=N–C) groups is 1. The van der Waals surface area contributed by atoms with E-state index >= 15 is 0 Å². The highest BCUT2D eigenvalue weighted by atomic mass is 16.4. The molecule has 1 aliphatic heterocycles. The van der Waals surface area contributed by atoms with Gasteiger partial charge >= 0.3 is 5.97 Å². The minimum Gasteiger partial charge on any atom is -0.480 e. The van der Waals surface area contributed by atoms with Crippen molar-refractivity contribution in [3.05, 3.63) is 0 Å². The number of nitrogens with one attached hydrogen (secondary N) is 2. The standard InChI is InChI=1S/C22H40N8O6/c1-12(2)11-15(21(35)36)29-19(33)16-6-4-10-30(16)20(34)14(5-3-9-27-22(25)26)28-18(32)13(23)7-8-17(24)31/h12-16H,3-11,23H2,1-2H3,(H2,24,31)(H,28,32)(H,29,33)(H,35,36)(H4,25,26,27). The van der Waals surface area contributed by atoms with Gasteiger partial charge in [-0.15, -0.1) is 0 Å². The van der Waals surface area contributed by atoms with Crippen LogP contribution >= 0.6 is 0 Å². The van der Waals surface area contributed by atoms with E-state index in [2.05, 4.69) is 15.6 Å². The van der Waals surface area contributed by atoms with Crippen LogP contribution in [-0.2, 0) is 24.0 Å². The van der Waals surface area contributed by atoms with Crippen LogP contribution in [0.3, 0.4) is 0 Å². The predicted molar refractivity (Wildman–Crippen MR) is 132 cm³/mol. The van der Waals surface area contributed by atoms with Gasteiger partial charge in [-0.1, -0.05) is 13.8 Å². The molecule has 0 spiro atoms. The fraction of sp³-hybridized carbons (Fsp3) is 0.727. The first-order valence-corrected chi connectivity index (χ1v) is 12.1. The Morgan fingerprint density at radius 3 is 2.28 bits per heavy atom. The molecule has 204 valence electrons. The van der Waals surface area contributed by atoms with Crippen molar-refractivity contribution < 1.29 is 29.1 Å². The Bertz CT molecular complexity index is 829. The Morgan fingerprint density at radius 2 is 1.72 bits per heavy atom. The number of carbonyl (C=O) groups excluding carboxylic acids is 4. The Labute approximate surface area is 210 Å². The summed E-state index contributed by atoms with van der Waals surface area (Å²) in [6.45, 7) is 4.18. The average Bonchev–Trinajstić information content (AvgIpc) is 3.27. The lowest BCUT2D eigenvalue weighted by atomic mass is 10.0. The first kappa shape index (κ1) is 30.6. The van der Waals surface area contributed by atoms with Gasteiger partial charge in [0.1, 0.15) is 18.1 Å². The molecule has 0 aromatic carbocycles. The van der Waals surface area contributed by atoms with E-state index < -0.39 is 53.8 Å². The second kappa shape index (κ2) is 14.9. The molecule has 4 unspecified atom stereocenters. The highest BCUT2D eigenvalue weighted by Crippen LogP contribution is 2.20. The van der Waals surface area contributed by atoms with Gasteiger partial charge in [0.2, 0.25) is 23.6 Å². The molecule has 1 saturated heterocycles. The number of carboxylic acids is 1. The van der Waals surface area contributed by atoms with Crippen LogP contribution in [0.5, 0.6) is 0 Å². The first-order chi connectivity index (χ1) is 16.8. The van der Waals surface area contributed by atoms with Crippen LogP contribution in [0.4, 0.5) is 0 Å². The molecule has 36 heavy (non-hydrogen) atoms.